The lowest BCUT2D eigenvalue weighted by atomic mass is 10.0. The summed E-state index contributed by atoms with van der Waals surface area (Å²) in [5.74, 6) is 0.895. The quantitative estimate of drug-likeness (QED) is 0.875. The van der Waals surface area contributed by atoms with E-state index in [2.05, 4.69) is 19.2 Å². The summed E-state index contributed by atoms with van der Waals surface area (Å²) >= 11 is 0. The normalized spacial score (nSPS) is 28.5. The van der Waals surface area contributed by atoms with Crippen molar-refractivity contribution in [3.05, 3.63) is 23.7 Å². The molecule has 0 radical (unpaired) electrons. The summed E-state index contributed by atoms with van der Waals surface area (Å²) in [7, 11) is 1.92. The van der Waals surface area contributed by atoms with E-state index >= 15 is 0 Å². The zero-order valence-corrected chi connectivity index (χ0v) is 11.4. The van der Waals surface area contributed by atoms with Gasteiger partial charge in [-0.2, -0.15) is 0 Å². The molecule has 2 unspecified atom stereocenters. The van der Waals surface area contributed by atoms with Crippen LogP contribution in [0.3, 0.4) is 0 Å². The van der Waals surface area contributed by atoms with Gasteiger partial charge in [0.15, 0.2) is 0 Å². The molecule has 1 N–H and O–H groups in total. The average Bonchev–Trinajstić information content (AvgIpc) is 2.74. The van der Waals surface area contributed by atoms with E-state index in [0.29, 0.717) is 6.61 Å². The van der Waals surface area contributed by atoms with Gasteiger partial charge in [0, 0.05) is 12.1 Å². The largest absolute Gasteiger partial charge is 0.467 e. The predicted molar refractivity (Wildman–Crippen MR) is 69.3 cm³/mol. The van der Waals surface area contributed by atoms with E-state index in [1.54, 1.807) is 6.26 Å². The second-order valence-electron chi connectivity index (χ2n) is 5.11. The molecule has 1 aromatic heterocycles. The summed E-state index contributed by atoms with van der Waals surface area (Å²) in [4.78, 5) is 0. The Labute approximate surface area is 109 Å². The van der Waals surface area contributed by atoms with Crippen molar-refractivity contribution in [3.63, 3.8) is 0 Å². The molecule has 0 spiro atoms. The van der Waals surface area contributed by atoms with Gasteiger partial charge in [0.25, 0.3) is 0 Å². The molecule has 4 heteroatoms. The van der Waals surface area contributed by atoms with Crippen LogP contribution in [0.5, 0.6) is 0 Å². The first-order valence-corrected chi connectivity index (χ1v) is 6.65. The van der Waals surface area contributed by atoms with E-state index < -0.39 is 0 Å². The third-order valence-corrected chi connectivity index (χ3v) is 3.20. The topological polar surface area (TPSA) is 43.6 Å². The van der Waals surface area contributed by atoms with Gasteiger partial charge in [-0.3, -0.25) is 0 Å². The summed E-state index contributed by atoms with van der Waals surface area (Å²) in [5.41, 5.74) is 1.16. The van der Waals surface area contributed by atoms with E-state index in [-0.39, 0.29) is 18.3 Å². The Balaban J connectivity index is 1.79. The molecule has 2 atom stereocenters. The summed E-state index contributed by atoms with van der Waals surface area (Å²) in [6, 6.07) is 2.04. The standard InChI is InChI=1S/C14H23NO3/c1-10-4-13(5-11(2)18-10)17-9-14-6-12(7-15-3)8-16-14/h6,8,10-11,13,15H,4-5,7,9H2,1-3H3. The van der Waals surface area contributed by atoms with Crippen molar-refractivity contribution in [1.29, 1.82) is 0 Å². The number of nitrogens with one attached hydrogen (secondary N) is 1. The van der Waals surface area contributed by atoms with Crippen LogP contribution in [0.1, 0.15) is 38.0 Å². The highest BCUT2D eigenvalue weighted by Crippen LogP contribution is 2.22. The van der Waals surface area contributed by atoms with Crippen LogP contribution in [0.4, 0.5) is 0 Å². The second kappa shape index (κ2) is 6.36. The van der Waals surface area contributed by atoms with Crippen LogP contribution in [0.2, 0.25) is 0 Å². The molecular weight excluding hydrogens is 230 g/mol. The lowest BCUT2D eigenvalue weighted by Gasteiger charge is -2.31. The van der Waals surface area contributed by atoms with Crippen LogP contribution < -0.4 is 5.32 Å². The molecule has 0 aliphatic carbocycles. The maximum atomic E-state index is 5.91. The highest BCUT2D eigenvalue weighted by atomic mass is 16.5. The van der Waals surface area contributed by atoms with Crippen molar-refractivity contribution < 1.29 is 13.9 Å². The van der Waals surface area contributed by atoms with Crippen molar-refractivity contribution in [1.82, 2.24) is 5.32 Å². The molecule has 1 fully saturated rings. The van der Waals surface area contributed by atoms with Gasteiger partial charge in [0.1, 0.15) is 12.4 Å². The van der Waals surface area contributed by atoms with Gasteiger partial charge in [0.05, 0.1) is 24.6 Å². The zero-order chi connectivity index (χ0) is 13.0. The van der Waals surface area contributed by atoms with E-state index in [4.69, 9.17) is 13.9 Å². The molecular formula is C14H23NO3. The van der Waals surface area contributed by atoms with Gasteiger partial charge >= 0.3 is 0 Å². The van der Waals surface area contributed by atoms with E-state index in [9.17, 15) is 0 Å². The van der Waals surface area contributed by atoms with Crippen molar-refractivity contribution in [3.8, 4) is 0 Å². The molecule has 1 saturated heterocycles. The summed E-state index contributed by atoms with van der Waals surface area (Å²) in [6.45, 7) is 5.58. The number of hydrogen-bond acceptors (Lipinski definition) is 4. The van der Waals surface area contributed by atoms with Crippen LogP contribution in [-0.4, -0.2) is 25.4 Å². The minimum Gasteiger partial charge on any atom is -0.467 e. The third-order valence-electron chi connectivity index (χ3n) is 3.20. The smallest absolute Gasteiger partial charge is 0.129 e. The van der Waals surface area contributed by atoms with Crippen molar-refractivity contribution in [2.75, 3.05) is 7.05 Å². The number of furan rings is 1. The van der Waals surface area contributed by atoms with Crippen LogP contribution in [0.15, 0.2) is 16.7 Å². The van der Waals surface area contributed by atoms with Crippen molar-refractivity contribution >= 4 is 0 Å². The van der Waals surface area contributed by atoms with Crippen LogP contribution in [0.25, 0.3) is 0 Å². The van der Waals surface area contributed by atoms with Crippen molar-refractivity contribution in [2.45, 2.75) is 58.2 Å². The van der Waals surface area contributed by atoms with Gasteiger partial charge in [-0.05, 0) is 39.8 Å². The van der Waals surface area contributed by atoms with E-state index in [1.165, 1.54) is 0 Å². The Morgan fingerprint density at radius 2 is 2.06 bits per heavy atom. The minimum atomic E-state index is 0.279. The lowest BCUT2D eigenvalue weighted by Crippen LogP contribution is -2.33. The fourth-order valence-corrected chi connectivity index (χ4v) is 2.48. The summed E-state index contributed by atoms with van der Waals surface area (Å²) < 4.78 is 17.1. The third kappa shape index (κ3) is 3.83. The highest BCUT2D eigenvalue weighted by molar-refractivity contribution is 5.11. The first-order chi connectivity index (χ1) is 8.67. The lowest BCUT2D eigenvalue weighted by molar-refractivity contribution is -0.108. The molecule has 0 saturated carbocycles. The van der Waals surface area contributed by atoms with Crippen LogP contribution in [-0.2, 0) is 22.6 Å². The Morgan fingerprint density at radius 1 is 1.33 bits per heavy atom. The molecule has 0 amide bonds. The van der Waals surface area contributed by atoms with Gasteiger partial charge in [-0.15, -0.1) is 0 Å². The van der Waals surface area contributed by atoms with Gasteiger partial charge in [-0.25, -0.2) is 0 Å². The fraction of sp³-hybridized carbons (Fsp3) is 0.714. The molecule has 0 aromatic carbocycles. The predicted octanol–water partition coefficient (Wildman–Crippen LogP) is 2.47. The van der Waals surface area contributed by atoms with Gasteiger partial charge < -0.3 is 19.2 Å². The molecule has 0 bridgehead atoms. The van der Waals surface area contributed by atoms with E-state index in [1.807, 2.05) is 13.1 Å². The fourth-order valence-electron chi connectivity index (χ4n) is 2.48. The molecule has 1 aliphatic heterocycles. The maximum absolute atomic E-state index is 5.91. The maximum Gasteiger partial charge on any atom is 0.129 e. The monoisotopic (exact) mass is 253 g/mol. The molecule has 4 nitrogen and oxygen atoms in total. The summed E-state index contributed by atoms with van der Waals surface area (Å²) in [6.07, 6.45) is 4.57. The molecule has 102 valence electrons. The minimum absolute atomic E-state index is 0.279. The van der Waals surface area contributed by atoms with E-state index in [0.717, 1.165) is 30.7 Å². The van der Waals surface area contributed by atoms with Gasteiger partial charge in [-0.1, -0.05) is 0 Å². The molecule has 1 aromatic rings. The Kier molecular flexibility index (Phi) is 4.80. The Morgan fingerprint density at radius 3 is 2.72 bits per heavy atom. The average molecular weight is 253 g/mol. The summed E-state index contributed by atoms with van der Waals surface area (Å²) in [5, 5.41) is 3.10. The highest BCUT2D eigenvalue weighted by Gasteiger charge is 2.25. The Bertz CT molecular complexity index is 354. The number of hydrogen-bond donors (Lipinski definition) is 1. The molecule has 18 heavy (non-hydrogen) atoms. The Hall–Kier alpha value is -0.840. The first-order valence-electron chi connectivity index (χ1n) is 6.65. The molecule has 2 rings (SSSR count). The first kappa shape index (κ1) is 13.6. The number of ether oxygens (including phenoxy) is 2. The number of rotatable bonds is 5. The zero-order valence-electron chi connectivity index (χ0n) is 11.4. The second-order valence-corrected chi connectivity index (χ2v) is 5.11. The van der Waals surface area contributed by atoms with Crippen LogP contribution in [0, 0.1) is 0 Å². The van der Waals surface area contributed by atoms with Crippen molar-refractivity contribution in [2.24, 2.45) is 0 Å². The van der Waals surface area contributed by atoms with Gasteiger partial charge in [0.2, 0.25) is 0 Å². The molecule has 2 heterocycles. The van der Waals surface area contributed by atoms with Crippen LogP contribution >= 0.6 is 0 Å². The SMILES string of the molecule is CNCc1coc(COC2CC(C)OC(C)C2)c1. The molecule has 1 aliphatic rings.